The highest BCUT2D eigenvalue weighted by Gasteiger charge is 2.08. The number of nitrogens with one attached hydrogen (secondary N) is 1. The third kappa shape index (κ3) is 4.60. The number of amides is 1. The van der Waals surface area contributed by atoms with Gasteiger partial charge in [-0.3, -0.25) is 4.79 Å². The Morgan fingerprint density at radius 1 is 1.11 bits per heavy atom. The number of halogens is 1. The zero-order valence-corrected chi connectivity index (χ0v) is 16.1. The summed E-state index contributed by atoms with van der Waals surface area (Å²) in [5.74, 6) is 1.63. The minimum Gasteiger partial charge on any atom is -0.495 e. The van der Waals surface area contributed by atoms with Crippen LogP contribution in [0.1, 0.15) is 16.9 Å². The van der Waals surface area contributed by atoms with Crippen LogP contribution < -0.4 is 10.1 Å². The predicted octanol–water partition coefficient (Wildman–Crippen LogP) is 5.88. The summed E-state index contributed by atoms with van der Waals surface area (Å²) in [7, 11) is 1.57. The standard InChI is InChI=1S/C22H20ClNO3/c1-14-4-5-15(2)19(12-14)24-22(25)11-8-17-7-10-20(27-17)16-6-9-21(26-3)18(23)13-16/h4-13H,1-3H3,(H,24,25)/b11-8+. The first kappa shape index (κ1) is 18.8. The van der Waals surface area contributed by atoms with E-state index in [1.165, 1.54) is 6.08 Å². The van der Waals surface area contributed by atoms with Crippen LogP contribution in [-0.2, 0) is 4.79 Å². The molecule has 0 saturated carbocycles. The van der Waals surface area contributed by atoms with Crippen molar-refractivity contribution in [1.82, 2.24) is 0 Å². The third-order valence-electron chi connectivity index (χ3n) is 4.11. The Morgan fingerprint density at radius 3 is 2.67 bits per heavy atom. The van der Waals surface area contributed by atoms with Gasteiger partial charge >= 0.3 is 0 Å². The summed E-state index contributed by atoms with van der Waals surface area (Å²) in [6, 6.07) is 15.0. The van der Waals surface area contributed by atoms with Gasteiger partial charge in [0.1, 0.15) is 17.3 Å². The Kier molecular flexibility index (Phi) is 5.67. The summed E-state index contributed by atoms with van der Waals surface area (Å²) >= 11 is 6.16. The number of hydrogen-bond donors (Lipinski definition) is 1. The number of carbonyl (C=O) groups is 1. The molecule has 0 unspecified atom stereocenters. The SMILES string of the molecule is COc1ccc(-c2ccc(/C=C/C(=O)Nc3cc(C)ccc3C)o2)cc1Cl. The maximum atomic E-state index is 12.2. The van der Waals surface area contributed by atoms with E-state index in [1.54, 1.807) is 31.4 Å². The smallest absolute Gasteiger partial charge is 0.248 e. The molecule has 0 saturated heterocycles. The first-order valence-electron chi connectivity index (χ1n) is 8.46. The van der Waals surface area contributed by atoms with Crippen molar-refractivity contribution in [2.45, 2.75) is 13.8 Å². The first-order valence-corrected chi connectivity index (χ1v) is 8.84. The molecule has 0 bridgehead atoms. The number of ether oxygens (including phenoxy) is 1. The van der Waals surface area contributed by atoms with Gasteiger partial charge in [-0.25, -0.2) is 0 Å². The normalized spacial score (nSPS) is 11.0. The van der Waals surface area contributed by atoms with Crippen LogP contribution in [0.25, 0.3) is 17.4 Å². The van der Waals surface area contributed by atoms with E-state index in [1.807, 2.05) is 44.2 Å². The van der Waals surface area contributed by atoms with E-state index >= 15 is 0 Å². The van der Waals surface area contributed by atoms with Gasteiger partial charge < -0.3 is 14.5 Å². The molecule has 3 aromatic rings. The quantitative estimate of drug-likeness (QED) is 0.561. The molecule has 0 aliphatic carbocycles. The highest BCUT2D eigenvalue weighted by atomic mass is 35.5. The van der Waals surface area contributed by atoms with E-state index in [2.05, 4.69) is 5.32 Å². The molecule has 1 N–H and O–H groups in total. The van der Waals surface area contributed by atoms with Gasteiger partial charge in [-0.2, -0.15) is 0 Å². The van der Waals surface area contributed by atoms with E-state index in [4.69, 9.17) is 20.8 Å². The minimum atomic E-state index is -0.214. The molecule has 0 aliphatic rings. The Hall–Kier alpha value is -2.98. The number of furan rings is 1. The number of rotatable bonds is 5. The van der Waals surface area contributed by atoms with E-state index in [0.717, 1.165) is 22.4 Å². The van der Waals surface area contributed by atoms with Crippen molar-refractivity contribution < 1.29 is 13.9 Å². The average Bonchev–Trinajstić information content (AvgIpc) is 3.12. The number of aryl methyl sites for hydroxylation is 2. The second-order valence-electron chi connectivity index (χ2n) is 6.19. The van der Waals surface area contributed by atoms with Gasteiger partial charge in [-0.15, -0.1) is 0 Å². The lowest BCUT2D eigenvalue weighted by molar-refractivity contribution is -0.111. The lowest BCUT2D eigenvalue weighted by atomic mass is 10.1. The Morgan fingerprint density at radius 2 is 1.93 bits per heavy atom. The second-order valence-corrected chi connectivity index (χ2v) is 6.60. The summed E-state index contributed by atoms with van der Waals surface area (Å²) < 4.78 is 10.9. The zero-order chi connectivity index (χ0) is 19.4. The summed E-state index contributed by atoms with van der Waals surface area (Å²) in [6.07, 6.45) is 3.08. The second kappa shape index (κ2) is 8.14. The van der Waals surface area contributed by atoms with Crippen molar-refractivity contribution in [2.24, 2.45) is 0 Å². The molecule has 0 radical (unpaired) electrons. The Labute approximate surface area is 163 Å². The van der Waals surface area contributed by atoms with Crippen molar-refractivity contribution in [3.63, 3.8) is 0 Å². The fourth-order valence-corrected chi connectivity index (χ4v) is 2.88. The monoisotopic (exact) mass is 381 g/mol. The van der Waals surface area contributed by atoms with Crippen molar-refractivity contribution >= 4 is 29.3 Å². The Balaban J connectivity index is 1.70. The molecular formula is C22H20ClNO3. The van der Waals surface area contributed by atoms with Crippen LogP contribution in [0, 0.1) is 13.8 Å². The van der Waals surface area contributed by atoms with Gasteiger partial charge in [-0.1, -0.05) is 23.7 Å². The fraction of sp³-hybridized carbons (Fsp3) is 0.136. The number of hydrogen-bond acceptors (Lipinski definition) is 3. The molecule has 1 amide bonds. The number of carbonyl (C=O) groups excluding carboxylic acids is 1. The number of benzene rings is 2. The van der Waals surface area contributed by atoms with Gasteiger partial charge in [-0.05, 0) is 67.4 Å². The summed E-state index contributed by atoms with van der Waals surface area (Å²) in [4.78, 5) is 12.2. The lowest BCUT2D eigenvalue weighted by Crippen LogP contribution is -2.09. The molecule has 1 heterocycles. The molecule has 5 heteroatoms. The molecule has 138 valence electrons. The van der Waals surface area contributed by atoms with Crippen molar-refractivity contribution in [2.75, 3.05) is 12.4 Å². The summed E-state index contributed by atoms with van der Waals surface area (Å²) in [6.45, 7) is 3.94. The molecule has 0 spiro atoms. The summed E-state index contributed by atoms with van der Waals surface area (Å²) in [5, 5.41) is 3.39. The first-order chi connectivity index (χ1) is 13.0. The zero-order valence-electron chi connectivity index (χ0n) is 15.4. The number of methoxy groups -OCH3 is 1. The Bertz CT molecular complexity index is 1000. The molecule has 0 atom stereocenters. The van der Waals surface area contributed by atoms with Gasteiger partial charge in [0.15, 0.2) is 0 Å². The highest BCUT2D eigenvalue weighted by molar-refractivity contribution is 6.32. The van der Waals surface area contributed by atoms with E-state index in [0.29, 0.717) is 22.3 Å². The molecule has 0 fully saturated rings. The van der Waals surface area contributed by atoms with Crippen molar-refractivity contribution in [3.05, 3.63) is 76.5 Å². The third-order valence-corrected chi connectivity index (χ3v) is 4.41. The van der Waals surface area contributed by atoms with Gasteiger partial charge in [0.25, 0.3) is 0 Å². The van der Waals surface area contributed by atoms with Crippen LogP contribution >= 0.6 is 11.6 Å². The van der Waals surface area contributed by atoms with Crippen LogP contribution in [0.4, 0.5) is 5.69 Å². The minimum absolute atomic E-state index is 0.214. The maximum Gasteiger partial charge on any atom is 0.248 e. The van der Waals surface area contributed by atoms with Gasteiger partial charge in [0.2, 0.25) is 5.91 Å². The summed E-state index contributed by atoms with van der Waals surface area (Å²) in [5.41, 5.74) is 3.74. The molecule has 1 aromatic heterocycles. The number of anilines is 1. The van der Waals surface area contributed by atoms with Crippen LogP contribution in [0.3, 0.4) is 0 Å². The molecule has 2 aromatic carbocycles. The van der Waals surface area contributed by atoms with E-state index < -0.39 is 0 Å². The van der Waals surface area contributed by atoms with Gasteiger partial charge in [0.05, 0.1) is 12.1 Å². The van der Waals surface area contributed by atoms with Crippen LogP contribution in [0.15, 0.2) is 59.0 Å². The van der Waals surface area contributed by atoms with E-state index in [-0.39, 0.29) is 5.91 Å². The topological polar surface area (TPSA) is 51.5 Å². The van der Waals surface area contributed by atoms with Gasteiger partial charge in [0, 0.05) is 17.3 Å². The fourth-order valence-electron chi connectivity index (χ4n) is 2.62. The highest BCUT2D eigenvalue weighted by Crippen LogP contribution is 2.31. The largest absolute Gasteiger partial charge is 0.495 e. The molecular weight excluding hydrogens is 362 g/mol. The van der Waals surface area contributed by atoms with Crippen molar-refractivity contribution in [3.8, 4) is 17.1 Å². The lowest BCUT2D eigenvalue weighted by Gasteiger charge is -2.07. The van der Waals surface area contributed by atoms with Crippen LogP contribution in [0.2, 0.25) is 5.02 Å². The average molecular weight is 382 g/mol. The predicted molar refractivity (Wildman–Crippen MR) is 109 cm³/mol. The maximum absolute atomic E-state index is 12.2. The molecule has 4 nitrogen and oxygen atoms in total. The van der Waals surface area contributed by atoms with Crippen molar-refractivity contribution in [1.29, 1.82) is 0 Å². The molecule has 3 rings (SSSR count). The molecule has 0 aliphatic heterocycles. The van der Waals surface area contributed by atoms with Crippen LogP contribution in [-0.4, -0.2) is 13.0 Å². The van der Waals surface area contributed by atoms with Crippen LogP contribution in [0.5, 0.6) is 5.75 Å². The van der Waals surface area contributed by atoms with E-state index in [9.17, 15) is 4.79 Å². The molecule has 27 heavy (non-hydrogen) atoms.